The maximum absolute atomic E-state index is 10.8. The van der Waals surface area contributed by atoms with Gasteiger partial charge in [-0.15, -0.1) is 0 Å². The smallest absolute Gasteiger partial charge is 0.302 e. The Hall–Kier alpha value is -1.09. The lowest BCUT2D eigenvalue weighted by atomic mass is 9.88. The van der Waals surface area contributed by atoms with E-state index >= 15 is 0 Å². The Bertz CT molecular complexity index is 534. The van der Waals surface area contributed by atoms with E-state index in [-0.39, 0.29) is 12.6 Å². The van der Waals surface area contributed by atoms with Crippen molar-refractivity contribution in [3.05, 3.63) is 24.3 Å². The molecule has 0 aromatic heterocycles. The molecule has 4 atom stereocenters. The van der Waals surface area contributed by atoms with Gasteiger partial charge < -0.3 is 9.84 Å². The van der Waals surface area contributed by atoms with E-state index in [1.807, 2.05) is 0 Å². The first-order valence-corrected chi connectivity index (χ1v) is 13.2. The first-order valence-electron chi connectivity index (χ1n) is 13.2. The second-order valence-corrected chi connectivity index (χ2v) is 10.1. The van der Waals surface area contributed by atoms with E-state index in [0.29, 0.717) is 5.92 Å². The monoisotopic (exact) mass is 432 g/mol. The summed E-state index contributed by atoms with van der Waals surface area (Å²) in [5.41, 5.74) is 0. The fraction of sp³-hybridized carbons (Fsp3) is 0.821. The molecule has 0 aliphatic heterocycles. The molecule has 1 saturated carbocycles. The molecule has 2 aliphatic rings. The molecular formula is C28H48O3. The van der Waals surface area contributed by atoms with E-state index in [2.05, 4.69) is 31.2 Å². The van der Waals surface area contributed by atoms with Crippen LogP contribution >= 0.6 is 0 Å². The van der Waals surface area contributed by atoms with Crippen molar-refractivity contribution in [2.24, 2.45) is 23.7 Å². The fourth-order valence-electron chi connectivity index (χ4n) is 5.05. The van der Waals surface area contributed by atoms with Gasteiger partial charge in [-0.25, -0.2) is 0 Å². The Kier molecular flexibility index (Phi) is 13.2. The minimum atomic E-state index is -0.511. The van der Waals surface area contributed by atoms with Crippen LogP contribution in [0.4, 0.5) is 0 Å². The Morgan fingerprint density at radius 3 is 2.58 bits per heavy atom. The number of allylic oxidation sites excluding steroid dienone is 4. The second kappa shape index (κ2) is 15.7. The zero-order valence-corrected chi connectivity index (χ0v) is 20.3. The molecule has 0 aromatic rings. The third-order valence-corrected chi connectivity index (χ3v) is 7.20. The minimum Gasteiger partial charge on any atom is -0.463 e. The first kappa shape index (κ1) is 26.2. The van der Waals surface area contributed by atoms with Crippen molar-refractivity contribution in [1.82, 2.24) is 0 Å². The van der Waals surface area contributed by atoms with E-state index in [1.54, 1.807) is 0 Å². The van der Waals surface area contributed by atoms with Gasteiger partial charge in [-0.1, -0.05) is 82.6 Å². The number of aliphatic hydroxyl groups is 1. The molecule has 31 heavy (non-hydrogen) atoms. The van der Waals surface area contributed by atoms with Crippen molar-refractivity contribution in [3.8, 4) is 0 Å². The maximum atomic E-state index is 10.8. The largest absolute Gasteiger partial charge is 0.463 e. The fourth-order valence-corrected chi connectivity index (χ4v) is 5.05. The molecule has 0 bridgehead atoms. The molecule has 3 heteroatoms. The van der Waals surface area contributed by atoms with Crippen LogP contribution in [0.3, 0.4) is 0 Å². The molecule has 178 valence electrons. The molecular weight excluding hydrogens is 384 g/mol. The summed E-state index contributed by atoms with van der Waals surface area (Å²) in [6.07, 6.45) is 28.5. The summed E-state index contributed by atoms with van der Waals surface area (Å²) in [7, 11) is 0. The zero-order valence-electron chi connectivity index (χ0n) is 20.3. The topological polar surface area (TPSA) is 46.5 Å². The van der Waals surface area contributed by atoms with Crippen LogP contribution in [0.1, 0.15) is 110 Å². The average molecular weight is 433 g/mol. The number of rotatable bonds is 18. The third-order valence-electron chi connectivity index (χ3n) is 7.20. The normalized spacial score (nSPS) is 22.8. The molecule has 0 radical (unpaired) electrons. The van der Waals surface area contributed by atoms with E-state index < -0.39 is 6.10 Å². The number of hydrogen-bond acceptors (Lipinski definition) is 3. The number of ether oxygens (including phenoxy) is 1. The van der Waals surface area contributed by atoms with E-state index in [1.165, 1.54) is 84.0 Å². The second-order valence-electron chi connectivity index (χ2n) is 10.1. The lowest BCUT2D eigenvalue weighted by molar-refractivity contribution is -0.144. The summed E-state index contributed by atoms with van der Waals surface area (Å²) in [5.74, 6) is 3.07. The summed E-state index contributed by atoms with van der Waals surface area (Å²) in [6, 6.07) is 0. The Morgan fingerprint density at radius 2 is 1.84 bits per heavy atom. The molecule has 3 nitrogen and oxygen atoms in total. The van der Waals surface area contributed by atoms with Crippen LogP contribution in [0.25, 0.3) is 0 Å². The highest BCUT2D eigenvalue weighted by Crippen LogP contribution is 2.41. The lowest BCUT2D eigenvalue weighted by Crippen LogP contribution is -2.17. The SMILES string of the molecule is CCCCCC[C@@H](CC=C[C@H]1C=CC[C@@H]1CCCCCCC(O)COC(C)=O)C1CC1. The number of hydrogen-bond donors (Lipinski definition) is 1. The van der Waals surface area contributed by atoms with Gasteiger partial charge in [-0.3, -0.25) is 4.79 Å². The standard InChI is InChI=1S/C28H48O3/c1-3-4-5-8-13-25(27-20-21-27)16-12-18-26-17-11-15-24(26)14-9-6-7-10-19-28(30)22-31-23(2)29/h11-12,17-18,24-28,30H,3-10,13-16,19-22H2,1-2H3/t24-,25-,26+,28?/m0/s1. The van der Waals surface area contributed by atoms with Crippen LogP contribution in [-0.2, 0) is 9.53 Å². The van der Waals surface area contributed by atoms with Crippen molar-refractivity contribution < 1.29 is 14.6 Å². The van der Waals surface area contributed by atoms with Crippen LogP contribution in [0.15, 0.2) is 24.3 Å². The number of carbonyl (C=O) groups is 1. The van der Waals surface area contributed by atoms with Crippen LogP contribution < -0.4 is 0 Å². The number of esters is 1. The summed E-state index contributed by atoms with van der Waals surface area (Å²) >= 11 is 0. The maximum Gasteiger partial charge on any atom is 0.302 e. The average Bonchev–Trinajstić information content (AvgIpc) is 3.50. The Labute approximate surface area is 191 Å². The third kappa shape index (κ3) is 11.9. The van der Waals surface area contributed by atoms with Gasteiger partial charge >= 0.3 is 5.97 Å². The van der Waals surface area contributed by atoms with E-state index in [4.69, 9.17) is 4.74 Å². The quantitative estimate of drug-likeness (QED) is 0.139. The highest BCUT2D eigenvalue weighted by atomic mass is 16.5. The van der Waals surface area contributed by atoms with E-state index in [9.17, 15) is 9.90 Å². The molecule has 2 aliphatic carbocycles. The van der Waals surface area contributed by atoms with E-state index in [0.717, 1.165) is 37.0 Å². The Morgan fingerprint density at radius 1 is 1.10 bits per heavy atom. The van der Waals surface area contributed by atoms with Crippen LogP contribution in [0, 0.1) is 23.7 Å². The van der Waals surface area contributed by atoms with Gasteiger partial charge in [0.05, 0.1) is 6.10 Å². The molecule has 0 amide bonds. The molecule has 2 rings (SSSR count). The van der Waals surface area contributed by atoms with Gasteiger partial charge in [0, 0.05) is 6.92 Å². The summed E-state index contributed by atoms with van der Waals surface area (Å²) in [6.45, 7) is 3.82. The summed E-state index contributed by atoms with van der Waals surface area (Å²) in [5, 5.41) is 9.80. The predicted octanol–water partition coefficient (Wildman–Crippen LogP) is 7.39. The number of unbranched alkanes of at least 4 members (excludes halogenated alkanes) is 6. The molecule has 1 N–H and O–H groups in total. The van der Waals surface area contributed by atoms with Gasteiger partial charge in [-0.05, 0) is 68.6 Å². The van der Waals surface area contributed by atoms with Crippen molar-refractivity contribution in [1.29, 1.82) is 0 Å². The molecule has 1 fully saturated rings. The molecule has 1 unspecified atom stereocenters. The van der Waals surface area contributed by atoms with Gasteiger partial charge in [0.25, 0.3) is 0 Å². The van der Waals surface area contributed by atoms with Crippen LogP contribution in [0.5, 0.6) is 0 Å². The summed E-state index contributed by atoms with van der Waals surface area (Å²) < 4.78 is 4.85. The lowest BCUT2D eigenvalue weighted by Gasteiger charge is -2.17. The van der Waals surface area contributed by atoms with Crippen molar-refractivity contribution in [2.45, 2.75) is 116 Å². The van der Waals surface area contributed by atoms with Crippen molar-refractivity contribution in [2.75, 3.05) is 6.61 Å². The highest BCUT2D eigenvalue weighted by Gasteiger charge is 2.29. The zero-order chi connectivity index (χ0) is 22.3. The van der Waals surface area contributed by atoms with Crippen LogP contribution in [0.2, 0.25) is 0 Å². The highest BCUT2D eigenvalue weighted by molar-refractivity contribution is 5.65. The van der Waals surface area contributed by atoms with Crippen LogP contribution in [-0.4, -0.2) is 23.8 Å². The Balaban J connectivity index is 1.56. The molecule has 0 heterocycles. The van der Waals surface area contributed by atoms with Gasteiger partial charge in [0.2, 0.25) is 0 Å². The predicted molar refractivity (Wildman–Crippen MR) is 130 cm³/mol. The van der Waals surface area contributed by atoms with Crippen molar-refractivity contribution >= 4 is 5.97 Å². The summed E-state index contributed by atoms with van der Waals surface area (Å²) in [4.78, 5) is 10.8. The molecule has 0 aromatic carbocycles. The van der Waals surface area contributed by atoms with Crippen molar-refractivity contribution in [3.63, 3.8) is 0 Å². The molecule has 0 saturated heterocycles. The minimum absolute atomic E-state index is 0.136. The van der Waals surface area contributed by atoms with Gasteiger partial charge in [0.1, 0.15) is 6.61 Å². The number of aliphatic hydroxyl groups excluding tert-OH is 1. The van der Waals surface area contributed by atoms with Gasteiger partial charge in [-0.2, -0.15) is 0 Å². The first-order chi connectivity index (χ1) is 15.1. The number of carbonyl (C=O) groups excluding carboxylic acids is 1. The molecule has 0 spiro atoms. The van der Waals surface area contributed by atoms with Gasteiger partial charge in [0.15, 0.2) is 0 Å².